The van der Waals surface area contributed by atoms with Crippen LogP contribution in [-0.2, 0) is 9.47 Å². The van der Waals surface area contributed by atoms with Crippen molar-refractivity contribution in [2.75, 3.05) is 26.2 Å². The van der Waals surface area contributed by atoms with E-state index in [1.165, 1.54) is 11.3 Å². The second-order valence-corrected chi connectivity index (χ2v) is 10.00. The van der Waals surface area contributed by atoms with Crippen LogP contribution in [0, 0.1) is 0 Å². The largest absolute Gasteiger partial charge is 0.369 e. The lowest BCUT2D eigenvalue weighted by molar-refractivity contribution is -0.118. The molecule has 1 aromatic heterocycles. The van der Waals surface area contributed by atoms with Crippen LogP contribution in [0.5, 0.6) is 0 Å². The Bertz CT molecular complexity index is 669. The van der Waals surface area contributed by atoms with E-state index in [4.69, 9.17) is 9.47 Å². The molecule has 27 heavy (non-hydrogen) atoms. The topological polar surface area (TPSA) is 59.1 Å². The van der Waals surface area contributed by atoms with Gasteiger partial charge in [0.1, 0.15) is 0 Å². The van der Waals surface area contributed by atoms with Gasteiger partial charge in [0.05, 0.1) is 33.2 Å². The third-order valence-corrected chi connectivity index (χ3v) is 5.80. The van der Waals surface area contributed by atoms with E-state index < -0.39 is 0 Å². The van der Waals surface area contributed by atoms with Crippen molar-refractivity contribution in [2.45, 2.75) is 65.0 Å². The molecular weight excluding hydrogens is 364 g/mol. The summed E-state index contributed by atoms with van der Waals surface area (Å²) in [5.41, 5.74) is -0.725. The first-order valence-corrected chi connectivity index (χ1v) is 10.3. The summed E-state index contributed by atoms with van der Waals surface area (Å²) in [6.07, 6.45) is -0.00772. The Morgan fingerprint density at radius 1 is 0.889 bits per heavy atom. The summed E-state index contributed by atoms with van der Waals surface area (Å²) >= 11 is 1.28. The first-order chi connectivity index (χ1) is 12.5. The van der Waals surface area contributed by atoms with Gasteiger partial charge in [-0.2, -0.15) is 0 Å². The number of ether oxygens (including phenoxy) is 2. The maximum absolute atomic E-state index is 12.9. The minimum atomic E-state index is -0.362. The molecule has 0 spiro atoms. The zero-order valence-electron chi connectivity index (χ0n) is 17.1. The minimum Gasteiger partial charge on any atom is -0.369 e. The van der Waals surface area contributed by atoms with Crippen molar-refractivity contribution in [2.24, 2.45) is 0 Å². The molecule has 1 aromatic rings. The van der Waals surface area contributed by atoms with Gasteiger partial charge in [-0.15, -0.1) is 11.3 Å². The van der Waals surface area contributed by atoms with E-state index in [9.17, 15) is 9.59 Å². The predicted octanol–water partition coefficient (Wildman–Crippen LogP) is 3.03. The molecular formula is C20H30N2O4S. The number of nitrogens with zero attached hydrogens (tertiary/aromatic N) is 2. The third-order valence-electron chi connectivity index (χ3n) is 4.74. The fraction of sp³-hybridized carbons (Fsp3) is 0.700. The summed E-state index contributed by atoms with van der Waals surface area (Å²) in [6, 6.07) is 3.53. The smallest absolute Gasteiger partial charge is 0.264 e. The molecule has 7 heteroatoms. The summed E-state index contributed by atoms with van der Waals surface area (Å²) in [6.45, 7) is 14.2. The van der Waals surface area contributed by atoms with Crippen LogP contribution < -0.4 is 0 Å². The minimum absolute atomic E-state index is 0.00386. The standard InChI is InChI=1S/C20H30N2O4S/c1-13-9-21(11-19(3,4)25-13)17(23)15-7-8-16(27-15)18(24)22-10-14(2)26-20(5,6)12-22/h7-8,13-14H,9-12H2,1-6H3. The Balaban J connectivity index is 1.72. The van der Waals surface area contributed by atoms with E-state index in [1.54, 1.807) is 12.1 Å². The molecule has 150 valence electrons. The molecule has 3 rings (SSSR count). The van der Waals surface area contributed by atoms with Crippen molar-refractivity contribution in [1.29, 1.82) is 0 Å². The van der Waals surface area contributed by atoms with Crippen LogP contribution in [0.4, 0.5) is 0 Å². The SMILES string of the molecule is CC1CN(C(=O)c2ccc(C(=O)N3CC(C)OC(C)(C)C3)s2)CC(C)(C)O1. The molecule has 2 fully saturated rings. The quantitative estimate of drug-likeness (QED) is 0.774. The molecule has 0 radical (unpaired) electrons. The fourth-order valence-corrected chi connectivity index (χ4v) is 5.04. The van der Waals surface area contributed by atoms with Gasteiger partial charge in [-0.05, 0) is 53.7 Å². The van der Waals surface area contributed by atoms with Gasteiger partial charge in [-0.25, -0.2) is 0 Å². The fourth-order valence-electron chi connectivity index (χ4n) is 4.10. The van der Waals surface area contributed by atoms with E-state index in [1.807, 2.05) is 51.3 Å². The molecule has 2 saturated heterocycles. The lowest BCUT2D eigenvalue weighted by atomic mass is 10.1. The molecule has 0 bridgehead atoms. The molecule has 0 saturated carbocycles. The second-order valence-electron chi connectivity index (χ2n) is 8.91. The lowest BCUT2D eigenvalue weighted by Crippen LogP contribution is -2.53. The number of carbonyl (C=O) groups is 2. The molecule has 0 N–H and O–H groups in total. The van der Waals surface area contributed by atoms with Crippen LogP contribution in [-0.4, -0.2) is 71.2 Å². The number of thiophene rings is 1. The van der Waals surface area contributed by atoms with Crippen LogP contribution in [0.25, 0.3) is 0 Å². The van der Waals surface area contributed by atoms with Crippen molar-refractivity contribution >= 4 is 23.2 Å². The Morgan fingerprint density at radius 3 is 1.59 bits per heavy atom. The lowest BCUT2D eigenvalue weighted by Gasteiger charge is -2.41. The third kappa shape index (κ3) is 4.70. The van der Waals surface area contributed by atoms with Crippen LogP contribution in [0.15, 0.2) is 12.1 Å². The molecule has 2 atom stereocenters. The summed E-state index contributed by atoms with van der Waals surface area (Å²) in [5, 5.41) is 0. The summed E-state index contributed by atoms with van der Waals surface area (Å²) < 4.78 is 11.8. The average Bonchev–Trinajstić information content (AvgIpc) is 2.99. The van der Waals surface area contributed by atoms with Gasteiger partial charge in [0, 0.05) is 26.2 Å². The van der Waals surface area contributed by atoms with E-state index in [0.717, 1.165) is 0 Å². The number of carbonyl (C=O) groups excluding carboxylic acids is 2. The highest BCUT2D eigenvalue weighted by Gasteiger charge is 2.36. The Kier molecular flexibility index (Phi) is 5.40. The van der Waals surface area contributed by atoms with Gasteiger partial charge in [-0.3, -0.25) is 9.59 Å². The van der Waals surface area contributed by atoms with E-state index in [0.29, 0.717) is 35.9 Å². The van der Waals surface area contributed by atoms with Gasteiger partial charge < -0.3 is 19.3 Å². The van der Waals surface area contributed by atoms with Gasteiger partial charge in [0.2, 0.25) is 0 Å². The number of hydrogen-bond acceptors (Lipinski definition) is 5. The van der Waals surface area contributed by atoms with Crippen LogP contribution in [0.2, 0.25) is 0 Å². The summed E-state index contributed by atoms with van der Waals surface area (Å²) in [7, 11) is 0. The van der Waals surface area contributed by atoms with Gasteiger partial charge in [-0.1, -0.05) is 0 Å². The van der Waals surface area contributed by atoms with Gasteiger partial charge in [0.15, 0.2) is 0 Å². The Hall–Kier alpha value is -1.44. The first-order valence-electron chi connectivity index (χ1n) is 9.50. The molecule has 0 aliphatic carbocycles. The van der Waals surface area contributed by atoms with Crippen LogP contribution >= 0.6 is 11.3 Å². The monoisotopic (exact) mass is 394 g/mol. The molecule has 3 heterocycles. The number of amides is 2. The molecule has 6 nitrogen and oxygen atoms in total. The maximum Gasteiger partial charge on any atom is 0.264 e. The van der Waals surface area contributed by atoms with Crippen molar-refractivity contribution in [3.05, 3.63) is 21.9 Å². The van der Waals surface area contributed by atoms with Crippen molar-refractivity contribution in [3.63, 3.8) is 0 Å². The normalized spacial score (nSPS) is 27.5. The zero-order chi connectivity index (χ0) is 20.0. The van der Waals surface area contributed by atoms with Gasteiger partial charge >= 0.3 is 0 Å². The van der Waals surface area contributed by atoms with Crippen molar-refractivity contribution in [3.8, 4) is 0 Å². The van der Waals surface area contributed by atoms with Crippen LogP contribution in [0.1, 0.15) is 60.9 Å². The number of morpholine rings is 2. The molecule has 2 amide bonds. The van der Waals surface area contributed by atoms with E-state index in [2.05, 4.69) is 0 Å². The second kappa shape index (κ2) is 7.18. The molecule has 0 aromatic carbocycles. The number of hydrogen-bond donors (Lipinski definition) is 0. The highest BCUT2D eigenvalue weighted by atomic mass is 32.1. The molecule has 2 unspecified atom stereocenters. The Morgan fingerprint density at radius 2 is 1.26 bits per heavy atom. The van der Waals surface area contributed by atoms with E-state index in [-0.39, 0.29) is 35.2 Å². The molecule has 2 aliphatic rings. The highest BCUT2D eigenvalue weighted by molar-refractivity contribution is 7.15. The zero-order valence-corrected chi connectivity index (χ0v) is 17.9. The highest BCUT2D eigenvalue weighted by Crippen LogP contribution is 2.27. The summed E-state index contributed by atoms with van der Waals surface area (Å²) in [5.74, 6) is -0.0594. The van der Waals surface area contributed by atoms with Crippen LogP contribution in [0.3, 0.4) is 0 Å². The maximum atomic E-state index is 12.9. The van der Waals surface area contributed by atoms with Crippen molar-refractivity contribution in [1.82, 2.24) is 9.80 Å². The summed E-state index contributed by atoms with van der Waals surface area (Å²) in [4.78, 5) is 30.7. The molecule has 2 aliphatic heterocycles. The first kappa shape index (κ1) is 20.3. The Labute approximate surface area is 165 Å². The van der Waals surface area contributed by atoms with Gasteiger partial charge in [0.25, 0.3) is 11.8 Å². The van der Waals surface area contributed by atoms with Crippen molar-refractivity contribution < 1.29 is 19.1 Å². The van der Waals surface area contributed by atoms with E-state index >= 15 is 0 Å². The predicted molar refractivity (Wildman–Crippen MR) is 105 cm³/mol. The number of rotatable bonds is 2. The average molecular weight is 395 g/mol.